The van der Waals surface area contributed by atoms with Gasteiger partial charge in [0, 0.05) is 16.9 Å². The number of aryl methyl sites for hydroxylation is 1. The van der Waals surface area contributed by atoms with E-state index in [1.807, 2.05) is 55.5 Å². The zero-order chi connectivity index (χ0) is 17.5. The summed E-state index contributed by atoms with van der Waals surface area (Å²) >= 11 is 0. The number of benzene rings is 2. The monoisotopic (exact) mass is 340 g/mol. The van der Waals surface area contributed by atoms with Crippen molar-refractivity contribution >= 4 is 33.6 Å². The third kappa shape index (κ3) is 2.48. The minimum atomic E-state index is 0.685. The van der Waals surface area contributed by atoms with Gasteiger partial charge in [-0.05, 0) is 31.2 Å². The highest BCUT2D eigenvalue weighted by Gasteiger charge is 2.12. The highest BCUT2D eigenvalue weighted by Crippen LogP contribution is 2.28. The number of nitrogens with zero attached hydrogens (tertiary/aromatic N) is 3. The summed E-state index contributed by atoms with van der Waals surface area (Å²) in [6.07, 6.45) is 1.69. The van der Waals surface area contributed by atoms with Crippen molar-refractivity contribution in [1.29, 1.82) is 0 Å². The molecular formula is C20H16N6. The number of hydrogen-bond donors (Lipinski definition) is 3. The molecule has 5 rings (SSSR count). The zero-order valence-corrected chi connectivity index (χ0v) is 14.1. The van der Waals surface area contributed by atoms with Crippen LogP contribution in [0.5, 0.6) is 0 Å². The number of H-pyrrole nitrogens is 2. The lowest BCUT2D eigenvalue weighted by Gasteiger charge is -2.09. The summed E-state index contributed by atoms with van der Waals surface area (Å²) in [4.78, 5) is 20.2. The molecule has 3 aromatic heterocycles. The predicted molar refractivity (Wildman–Crippen MR) is 103 cm³/mol. The smallest absolute Gasteiger partial charge is 0.163 e. The van der Waals surface area contributed by atoms with E-state index in [1.54, 1.807) is 6.33 Å². The molecule has 6 nitrogen and oxygen atoms in total. The van der Waals surface area contributed by atoms with E-state index in [4.69, 9.17) is 4.98 Å². The van der Waals surface area contributed by atoms with E-state index < -0.39 is 0 Å². The summed E-state index contributed by atoms with van der Waals surface area (Å²) in [7, 11) is 0. The lowest BCUT2D eigenvalue weighted by molar-refractivity contribution is 1.19. The van der Waals surface area contributed by atoms with Gasteiger partial charge in [0.25, 0.3) is 0 Å². The van der Waals surface area contributed by atoms with Crippen LogP contribution in [0.4, 0.5) is 11.5 Å². The zero-order valence-electron chi connectivity index (χ0n) is 14.1. The molecule has 0 saturated carbocycles. The molecule has 0 aliphatic rings. The molecule has 0 amide bonds. The summed E-state index contributed by atoms with van der Waals surface area (Å²) in [5.74, 6) is 1.46. The van der Waals surface area contributed by atoms with Crippen molar-refractivity contribution in [3.05, 3.63) is 66.6 Å². The van der Waals surface area contributed by atoms with Crippen molar-refractivity contribution < 1.29 is 0 Å². The van der Waals surface area contributed by atoms with Gasteiger partial charge in [0.1, 0.15) is 11.5 Å². The van der Waals surface area contributed by atoms with Gasteiger partial charge in [-0.25, -0.2) is 15.0 Å². The van der Waals surface area contributed by atoms with E-state index >= 15 is 0 Å². The molecule has 5 aromatic rings. The second-order valence-corrected chi connectivity index (χ2v) is 6.24. The third-order valence-corrected chi connectivity index (χ3v) is 4.34. The summed E-state index contributed by atoms with van der Waals surface area (Å²) in [6, 6.07) is 18.0. The molecule has 0 aliphatic heterocycles. The van der Waals surface area contributed by atoms with E-state index in [0.717, 1.165) is 44.8 Å². The van der Waals surface area contributed by atoms with Crippen LogP contribution in [0.3, 0.4) is 0 Å². The maximum absolute atomic E-state index is 4.78. The topological polar surface area (TPSA) is 82.3 Å². The van der Waals surface area contributed by atoms with Crippen molar-refractivity contribution in [3.63, 3.8) is 0 Å². The Kier molecular flexibility index (Phi) is 3.21. The van der Waals surface area contributed by atoms with Crippen LogP contribution in [-0.4, -0.2) is 24.9 Å². The largest absolute Gasteiger partial charge is 0.345 e. The highest BCUT2D eigenvalue weighted by atomic mass is 15.1. The van der Waals surface area contributed by atoms with Crippen LogP contribution in [0.1, 0.15) is 5.69 Å². The summed E-state index contributed by atoms with van der Waals surface area (Å²) in [5.41, 5.74) is 5.71. The highest BCUT2D eigenvalue weighted by molar-refractivity contribution is 5.92. The molecular weight excluding hydrogens is 324 g/mol. The minimum Gasteiger partial charge on any atom is -0.345 e. The lowest BCUT2D eigenvalue weighted by atomic mass is 10.2. The van der Waals surface area contributed by atoms with Gasteiger partial charge < -0.3 is 15.3 Å². The quantitative estimate of drug-likeness (QED) is 0.450. The van der Waals surface area contributed by atoms with Crippen molar-refractivity contribution in [1.82, 2.24) is 24.9 Å². The lowest BCUT2D eigenvalue weighted by Crippen LogP contribution is -1.98. The van der Waals surface area contributed by atoms with Crippen LogP contribution in [0, 0.1) is 6.92 Å². The van der Waals surface area contributed by atoms with E-state index in [2.05, 4.69) is 31.3 Å². The number of aromatic amines is 2. The third-order valence-electron chi connectivity index (χ3n) is 4.34. The maximum atomic E-state index is 4.78. The Hall–Kier alpha value is -3.67. The first-order valence-corrected chi connectivity index (χ1v) is 8.39. The van der Waals surface area contributed by atoms with Crippen molar-refractivity contribution in [2.24, 2.45) is 0 Å². The summed E-state index contributed by atoms with van der Waals surface area (Å²) in [6.45, 7) is 2.02. The van der Waals surface area contributed by atoms with Crippen LogP contribution >= 0.6 is 0 Å². The van der Waals surface area contributed by atoms with Gasteiger partial charge in [0.15, 0.2) is 5.82 Å². The van der Waals surface area contributed by atoms with Crippen LogP contribution in [0.15, 0.2) is 60.9 Å². The Labute approximate surface area is 149 Å². The number of hydrogen-bond acceptors (Lipinski definition) is 4. The normalized spacial score (nSPS) is 11.3. The first-order chi connectivity index (χ1) is 12.8. The Morgan fingerprint density at radius 3 is 2.73 bits per heavy atom. The van der Waals surface area contributed by atoms with Crippen LogP contribution < -0.4 is 5.32 Å². The molecule has 0 atom stereocenters. The fraction of sp³-hybridized carbons (Fsp3) is 0.0500. The van der Waals surface area contributed by atoms with Crippen LogP contribution in [-0.2, 0) is 0 Å². The van der Waals surface area contributed by atoms with E-state index in [-0.39, 0.29) is 0 Å². The molecule has 6 heteroatoms. The number of rotatable bonds is 3. The van der Waals surface area contributed by atoms with Crippen molar-refractivity contribution in [2.75, 3.05) is 5.32 Å². The Morgan fingerprint density at radius 2 is 1.85 bits per heavy atom. The Bertz CT molecular complexity index is 1220. The van der Waals surface area contributed by atoms with Crippen LogP contribution in [0.25, 0.3) is 33.5 Å². The van der Waals surface area contributed by atoms with Gasteiger partial charge in [-0.1, -0.05) is 30.3 Å². The van der Waals surface area contributed by atoms with Gasteiger partial charge in [-0.3, -0.25) is 0 Å². The average Bonchev–Trinajstić information content (AvgIpc) is 3.27. The standard InChI is InChI=1S/C20H16N6/c1-12-9-15-19(23-12)25-18(13-5-3-2-4-6-13)26-20(15)24-14-7-8-16-17(10-14)22-11-21-16/h2-11H,1H3,(H,21,22)(H2,23,24,25,26). The fourth-order valence-corrected chi connectivity index (χ4v) is 3.10. The fourth-order valence-electron chi connectivity index (χ4n) is 3.10. The molecule has 0 saturated heterocycles. The van der Waals surface area contributed by atoms with Gasteiger partial charge in [-0.2, -0.15) is 0 Å². The van der Waals surface area contributed by atoms with Crippen molar-refractivity contribution in [2.45, 2.75) is 6.92 Å². The van der Waals surface area contributed by atoms with E-state index in [1.165, 1.54) is 0 Å². The molecule has 3 N–H and O–H groups in total. The number of aromatic nitrogens is 5. The molecule has 0 bridgehead atoms. The summed E-state index contributed by atoms with van der Waals surface area (Å²) in [5, 5.41) is 4.40. The summed E-state index contributed by atoms with van der Waals surface area (Å²) < 4.78 is 0. The second-order valence-electron chi connectivity index (χ2n) is 6.24. The number of fused-ring (bicyclic) bond motifs is 2. The van der Waals surface area contributed by atoms with Gasteiger partial charge in [0.05, 0.1) is 22.7 Å². The van der Waals surface area contributed by atoms with Crippen molar-refractivity contribution in [3.8, 4) is 11.4 Å². The number of nitrogens with one attached hydrogen (secondary N) is 3. The van der Waals surface area contributed by atoms with Gasteiger partial charge in [-0.15, -0.1) is 0 Å². The maximum Gasteiger partial charge on any atom is 0.163 e. The minimum absolute atomic E-state index is 0.685. The first-order valence-electron chi connectivity index (χ1n) is 8.39. The predicted octanol–water partition coefficient (Wildman–Crippen LogP) is 4.55. The molecule has 0 fully saturated rings. The molecule has 3 heterocycles. The number of imidazole rings is 1. The van der Waals surface area contributed by atoms with E-state index in [9.17, 15) is 0 Å². The molecule has 0 aliphatic carbocycles. The first kappa shape index (κ1) is 14.7. The average molecular weight is 340 g/mol. The Balaban J connectivity index is 1.65. The second kappa shape index (κ2) is 5.70. The van der Waals surface area contributed by atoms with Gasteiger partial charge in [0.2, 0.25) is 0 Å². The molecule has 2 aromatic carbocycles. The van der Waals surface area contributed by atoms with Crippen LogP contribution in [0.2, 0.25) is 0 Å². The number of anilines is 2. The molecule has 26 heavy (non-hydrogen) atoms. The van der Waals surface area contributed by atoms with E-state index in [0.29, 0.717) is 5.82 Å². The Morgan fingerprint density at radius 1 is 0.962 bits per heavy atom. The molecule has 0 spiro atoms. The molecule has 0 radical (unpaired) electrons. The SMILES string of the molecule is Cc1cc2c(Nc3ccc4nc[nH]c4c3)nc(-c3ccccc3)nc2[nH]1. The molecule has 126 valence electrons. The van der Waals surface area contributed by atoms with Gasteiger partial charge >= 0.3 is 0 Å². The molecule has 0 unspecified atom stereocenters.